The molecule has 0 aromatic carbocycles. The maximum atomic E-state index is 12.3. The largest absolute Gasteiger partial charge is 0.276 e. The van der Waals surface area contributed by atoms with E-state index in [1.54, 1.807) is 19.9 Å². The van der Waals surface area contributed by atoms with Gasteiger partial charge in [-0.1, -0.05) is 33.8 Å². The summed E-state index contributed by atoms with van der Waals surface area (Å²) in [6, 6.07) is 0. The Kier molecular flexibility index (Phi) is 5.51. The summed E-state index contributed by atoms with van der Waals surface area (Å²) in [5.41, 5.74) is -0.0445. The fourth-order valence-corrected chi connectivity index (χ4v) is 0.759. The summed E-state index contributed by atoms with van der Waals surface area (Å²) in [4.78, 5) is 3.75. The van der Waals surface area contributed by atoms with Gasteiger partial charge in [-0.05, 0) is 11.8 Å². The Morgan fingerprint density at radius 1 is 1.15 bits per heavy atom. The second-order valence-corrected chi connectivity index (χ2v) is 3.59. The normalized spacial score (nSPS) is 14.1. The van der Waals surface area contributed by atoms with Crippen LogP contribution in [0.2, 0.25) is 0 Å². The monoisotopic (exact) mass is 189 g/mol. The molecule has 0 N–H and O–H groups in total. The van der Waals surface area contributed by atoms with Crippen molar-refractivity contribution < 1.29 is 8.78 Å². The first-order valence-electron chi connectivity index (χ1n) is 4.47. The van der Waals surface area contributed by atoms with Crippen molar-refractivity contribution in [3.05, 3.63) is 12.3 Å². The standard InChI is InChI=1S/C10H17F2N/c1-7(2)5-6-13-9(8(3)4)10(11)12/h5-8,10H,1-4H3/b6-5-,13-9+. The van der Waals surface area contributed by atoms with Crippen LogP contribution >= 0.6 is 0 Å². The SMILES string of the molecule is CC(C)/C=C\N=C(/C(C)C)C(F)F. The van der Waals surface area contributed by atoms with Gasteiger partial charge in [0.25, 0.3) is 6.43 Å². The van der Waals surface area contributed by atoms with E-state index in [-0.39, 0.29) is 11.6 Å². The topological polar surface area (TPSA) is 12.4 Å². The lowest BCUT2D eigenvalue weighted by Gasteiger charge is -2.06. The summed E-state index contributed by atoms with van der Waals surface area (Å²) in [6.07, 6.45) is 0.813. The van der Waals surface area contributed by atoms with Crippen LogP contribution in [0.5, 0.6) is 0 Å². The average Bonchev–Trinajstić information content (AvgIpc) is 1.95. The molecule has 0 heterocycles. The Labute approximate surface area is 78.6 Å². The van der Waals surface area contributed by atoms with Crippen molar-refractivity contribution in [2.45, 2.75) is 34.1 Å². The van der Waals surface area contributed by atoms with Crippen molar-refractivity contribution in [3.8, 4) is 0 Å². The average molecular weight is 189 g/mol. The maximum absolute atomic E-state index is 12.3. The highest BCUT2D eigenvalue weighted by atomic mass is 19.3. The Morgan fingerprint density at radius 2 is 1.69 bits per heavy atom. The molecule has 0 saturated carbocycles. The van der Waals surface area contributed by atoms with Crippen LogP contribution in [-0.2, 0) is 0 Å². The molecule has 0 radical (unpaired) electrons. The second-order valence-electron chi connectivity index (χ2n) is 3.59. The third-order valence-electron chi connectivity index (χ3n) is 1.51. The number of rotatable bonds is 4. The fourth-order valence-electron chi connectivity index (χ4n) is 0.759. The Balaban J connectivity index is 4.37. The van der Waals surface area contributed by atoms with Gasteiger partial charge >= 0.3 is 0 Å². The summed E-state index contributed by atoms with van der Waals surface area (Å²) < 4.78 is 24.6. The molecule has 3 heteroatoms. The lowest BCUT2D eigenvalue weighted by molar-refractivity contribution is 0.219. The third kappa shape index (κ3) is 5.50. The number of aliphatic imine (C=N–C) groups is 1. The lowest BCUT2D eigenvalue weighted by Crippen LogP contribution is -2.16. The molecular formula is C10H17F2N. The number of hydrogen-bond acceptors (Lipinski definition) is 1. The van der Waals surface area contributed by atoms with E-state index in [1.807, 2.05) is 13.8 Å². The van der Waals surface area contributed by atoms with E-state index in [2.05, 4.69) is 4.99 Å². The van der Waals surface area contributed by atoms with Gasteiger partial charge in [0, 0.05) is 6.20 Å². The molecule has 0 spiro atoms. The Hall–Kier alpha value is -0.730. The van der Waals surface area contributed by atoms with E-state index in [0.29, 0.717) is 5.92 Å². The van der Waals surface area contributed by atoms with Crippen LogP contribution in [0.1, 0.15) is 27.7 Å². The first kappa shape index (κ1) is 12.3. The summed E-state index contributed by atoms with van der Waals surface area (Å²) in [7, 11) is 0. The zero-order valence-electron chi connectivity index (χ0n) is 8.59. The molecule has 0 aromatic heterocycles. The molecule has 13 heavy (non-hydrogen) atoms. The molecule has 0 saturated heterocycles. The molecule has 76 valence electrons. The van der Waals surface area contributed by atoms with Gasteiger partial charge in [0.15, 0.2) is 0 Å². The predicted molar refractivity (Wildman–Crippen MR) is 52.3 cm³/mol. The van der Waals surface area contributed by atoms with Gasteiger partial charge in [-0.2, -0.15) is 0 Å². The van der Waals surface area contributed by atoms with E-state index in [0.717, 1.165) is 0 Å². The molecule has 0 atom stereocenters. The van der Waals surface area contributed by atoms with E-state index < -0.39 is 6.43 Å². The van der Waals surface area contributed by atoms with Crippen LogP contribution in [0.15, 0.2) is 17.3 Å². The Bertz CT molecular complexity index is 183. The van der Waals surface area contributed by atoms with E-state index in [9.17, 15) is 8.78 Å². The smallest absolute Gasteiger partial charge is 0.260 e. The van der Waals surface area contributed by atoms with Crippen molar-refractivity contribution in [3.63, 3.8) is 0 Å². The molecule has 0 aliphatic heterocycles. The fraction of sp³-hybridized carbons (Fsp3) is 0.700. The van der Waals surface area contributed by atoms with Crippen LogP contribution in [0.25, 0.3) is 0 Å². The number of allylic oxidation sites excluding steroid dienone is 1. The highest BCUT2D eigenvalue weighted by Gasteiger charge is 2.15. The van der Waals surface area contributed by atoms with Gasteiger partial charge in [0.05, 0.1) is 5.71 Å². The zero-order valence-corrected chi connectivity index (χ0v) is 8.59. The summed E-state index contributed by atoms with van der Waals surface area (Å²) in [5, 5.41) is 0. The van der Waals surface area contributed by atoms with Gasteiger partial charge in [-0.15, -0.1) is 0 Å². The zero-order chi connectivity index (χ0) is 10.4. The lowest BCUT2D eigenvalue weighted by atomic mass is 10.1. The first-order chi connectivity index (χ1) is 5.95. The van der Waals surface area contributed by atoms with Crippen molar-refractivity contribution in [1.82, 2.24) is 0 Å². The van der Waals surface area contributed by atoms with E-state index >= 15 is 0 Å². The number of nitrogens with zero attached hydrogens (tertiary/aromatic N) is 1. The molecule has 0 fully saturated rings. The van der Waals surface area contributed by atoms with Crippen LogP contribution in [0, 0.1) is 11.8 Å². The molecule has 0 aromatic rings. The molecule has 0 bridgehead atoms. The minimum absolute atomic E-state index is 0.0445. The summed E-state index contributed by atoms with van der Waals surface area (Å²) in [5.74, 6) is 0.145. The molecule has 0 unspecified atom stereocenters. The second kappa shape index (κ2) is 5.84. The van der Waals surface area contributed by atoms with E-state index in [4.69, 9.17) is 0 Å². The van der Waals surface area contributed by atoms with Crippen molar-refractivity contribution in [1.29, 1.82) is 0 Å². The van der Waals surface area contributed by atoms with Crippen molar-refractivity contribution >= 4 is 5.71 Å². The van der Waals surface area contributed by atoms with E-state index in [1.165, 1.54) is 6.20 Å². The summed E-state index contributed by atoms with van der Waals surface area (Å²) >= 11 is 0. The molecule has 0 rings (SSSR count). The van der Waals surface area contributed by atoms with Crippen molar-refractivity contribution in [2.75, 3.05) is 0 Å². The first-order valence-corrected chi connectivity index (χ1v) is 4.47. The van der Waals surface area contributed by atoms with Gasteiger partial charge in [0.2, 0.25) is 0 Å². The highest BCUT2D eigenvalue weighted by molar-refractivity contribution is 5.89. The van der Waals surface area contributed by atoms with Crippen LogP contribution in [0.4, 0.5) is 8.78 Å². The molecule has 0 aliphatic carbocycles. The van der Waals surface area contributed by atoms with Crippen LogP contribution < -0.4 is 0 Å². The molecule has 1 nitrogen and oxygen atoms in total. The van der Waals surface area contributed by atoms with Gasteiger partial charge < -0.3 is 0 Å². The minimum Gasteiger partial charge on any atom is -0.260 e. The third-order valence-corrected chi connectivity index (χ3v) is 1.51. The maximum Gasteiger partial charge on any atom is 0.276 e. The van der Waals surface area contributed by atoms with Gasteiger partial charge in [0.1, 0.15) is 0 Å². The quantitative estimate of drug-likeness (QED) is 0.600. The van der Waals surface area contributed by atoms with Crippen LogP contribution in [0.3, 0.4) is 0 Å². The predicted octanol–water partition coefficient (Wildman–Crippen LogP) is 3.52. The Morgan fingerprint density at radius 3 is 2.00 bits per heavy atom. The highest BCUT2D eigenvalue weighted by Crippen LogP contribution is 2.08. The van der Waals surface area contributed by atoms with Gasteiger partial charge in [-0.3, -0.25) is 4.99 Å². The minimum atomic E-state index is -2.45. The molecule has 0 aliphatic rings. The van der Waals surface area contributed by atoms with Gasteiger partial charge in [-0.25, -0.2) is 8.78 Å². The van der Waals surface area contributed by atoms with Crippen LogP contribution in [-0.4, -0.2) is 12.1 Å². The molecule has 0 amide bonds. The summed E-state index contributed by atoms with van der Waals surface area (Å²) in [6.45, 7) is 7.38. The van der Waals surface area contributed by atoms with Crippen molar-refractivity contribution in [2.24, 2.45) is 16.8 Å². The number of halogens is 2. The number of alkyl halides is 2. The number of hydrogen-bond donors (Lipinski definition) is 0. The molecular weight excluding hydrogens is 172 g/mol.